The summed E-state index contributed by atoms with van der Waals surface area (Å²) < 4.78 is 26.9. The number of rotatable bonds is 6. The number of carbonyl (C=O) groups is 1. The second kappa shape index (κ2) is 11.2. The van der Waals surface area contributed by atoms with Crippen LogP contribution in [0.4, 0.5) is 5.00 Å². The molecule has 6 rings (SSSR count). The molecule has 0 aliphatic carbocycles. The summed E-state index contributed by atoms with van der Waals surface area (Å²) in [5, 5.41) is 15.2. The van der Waals surface area contributed by atoms with E-state index in [0.29, 0.717) is 43.2 Å². The molecule has 1 fully saturated rings. The van der Waals surface area contributed by atoms with E-state index < -0.39 is 10.0 Å². The molecule has 1 saturated heterocycles. The van der Waals surface area contributed by atoms with Gasteiger partial charge in [0.15, 0.2) is 11.7 Å². The number of fused-ring (bicyclic) bond motifs is 1. The van der Waals surface area contributed by atoms with Gasteiger partial charge in [0.25, 0.3) is 5.91 Å². The van der Waals surface area contributed by atoms with Crippen molar-refractivity contribution in [3.63, 3.8) is 0 Å². The van der Waals surface area contributed by atoms with Crippen molar-refractivity contribution in [1.82, 2.24) is 29.6 Å². The van der Waals surface area contributed by atoms with Gasteiger partial charge in [0.2, 0.25) is 10.0 Å². The van der Waals surface area contributed by atoms with Gasteiger partial charge in [0, 0.05) is 50.7 Å². The lowest BCUT2D eigenvalue weighted by molar-refractivity contribution is 0.0927. The predicted molar refractivity (Wildman–Crippen MR) is 161 cm³/mol. The van der Waals surface area contributed by atoms with Crippen LogP contribution in [0.3, 0.4) is 0 Å². The number of amidine groups is 2. The number of nitrogens with zero attached hydrogens (tertiary/aromatic N) is 6. The summed E-state index contributed by atoms with van der Waals surface area (Å²) in [5.74, 6) is 1.28. The van der Waals surface area contributed by atoms with Gasteiger partial charge < -0.3 is 20.9 Å². The van der Waals surface area contributed by atoms with E-state index in [9.17, 15) is 13.2 Å². The molecule has 3 N–H and O–H groups in total. The molecule has 41 heavy (non-hydrogen) atoms. The quantitative estimate of drug-likeness (QED) is 0.463. The maximum absolute atomic E-state index is 13.2. The maximum Gasteiger partial charge on any atom is 0.261 e. The average Bonchev–Trinajstić information content (AvgIpc) is 3.67. The van der Waals surface area contributed by atoms with Crippen molar-refractivity contribution in [2.24, 2.45) is 17.0 Å². The lowest BCUT2D eigenvalue weighted by atomic mass is 10.1. The smallest absolute Gasteiger partial charge is 0.261 e. The van der Waals surface area contributed by atoms with Gasteiger partial charge in [-0.25, -0.2) is 17.7 Å². The molecule has 4 aliphatic rings. The molecule has 0 saturated carbocycles. The minimum Gasteiger partial charge on any atom is -0.349 e. The normalized spacial score (nSPS) is 22.0. The number of aryl methyl sites for hydroxylation is 2. The molecule has 1 amide bonds. The van der Waals surface area contributed by atoms with Crippen molar-refractivity contribution < 1.29 is 13.2 Å². The van der Waals surface area contributed by atoms with Gasteiger partial charge in [-0.1, -0.05) is 6.08 Å². The molecule has 0 radical (unpaired) electrons. The van der Waals surface area contributed by atoms with Crippen LogP contribution >= 0.6 is 11.3 Å². The van der Waals surface area contributed by atoms with E-state index in [4.69, 9.17) is 9.98 Å². The Morgan fingerprint density at radius 1 is 1.24 bits per heavy atom. The third-order valence-electron chi connectivity index (χ3n) is 7.79. The third kappa shape index (κ3) is 5.87. The van der Waals surface area contributed by atoms with Crippen LogP contribution in [0, 0.1) is 6.92 Å². The fraction of sp³-hybridized carbons (Fsp3) is 0.481. The van der Waals surface area contributed by atoms with Crippen molar-refractivity contribution >= 4 is 43.9 Å². The Labute approximate surface area is 244 Å². The van der Waals surface area contributed by atoms with Crippen LogP contribution in [0.5, 0.6) is 0 Å². The van der Waals surface area contributed by atoms with Gasteiger partial charge in [0.1, 0.15) is 0 Å². The number of sulfonamides is 1. The van der Waals surface area contributed by atoms with Crippen molar-refractivity contribution in [2.75, 3.05) is 44.3 Å². The number of thiophene rings is 1. The number of anilines is 1. The fourth-order valence-corrected chi connectivity index (χ4v) is 7.44. The lowest BCUT2D eigenvalue weighted by Gasteiger charge is -2.30. The van der Waals surface area contributed by atoms with Gasteiger partial charge in [-0.15, -0.1) is 11.3 Å². The van der Waals surface area contributed by atoms with E-state index in [1.807, 2.05) is 32.4 Å². The Bertz CT molecular complexity index is 1580. The summed E-state index contributed by atoms with van der Waals surface area (Å²) in [7, 11) is -1.30. The molecule has 1 atom stereocenters. The van der Waals surface area contributed by atoms with E-state index in [-0.39, 0.29) is 18.0 Å². The number of nitrogens with one attached hydrogen (secondary N) is 3. The molecule has 4 aliphatic heterocycles. The van der Waals surface area contributed by atoms with Gasteiger partial charge in [-0.05, 0) is 49.9 Å². The van der Waals surface area contributed by atoms with E-state index >= 15 is 0 Å². The standard InChI is InChI=1S/C27H35N9O3S2/c1-17-11-23(40-24(17)27(37)31-20-6-9-35(10-7-20)41(3,38)39)33-25-26-29-14-22(19-13-30-34(2)15-19)36(26)16-21(32-25)18-5-4-8-28-12-18/h5,11,13,15-16,20,22,28H,4,6-10,12,14H2,1-3H3,(H,31,37)(H,32,33). The Morgan fingerprint density at radius 2 is 2.05 bits per heavy atom. The SMILES string of the molecule is Cc1cc(NC2=NC(C3=CCCNC3)=CN3C2=NCC3c2cnn(C)c2)sc1C(=O)NC1CCN(S(C)(=O)=O)CC1. The van der Waals surface area contributed by atoms with Gasteiger partial charge >= 0.3 is 0 Å². The first-order chi connectivity index (χ1) is 19.7. The molecule has 0 bridgehead atoms. The van der Waals surface area contributed by atoms with Crippen LogP contribution in [-0.2, 0) is 17.1 Å². The van der Waals surface area contributed by atoms with Crippen LogP contribution in [0.2, 0.25) is 0 Å². The summed E-state index contributed by atoms with van der Waals surface area (Å²) in [6, 6.07) is 1.93. The number of aromatic nitrogens is 2. The van der Waals surface area contributed by atoms with Gasteiger partial charge in [0.05, 0.1) is 40.6 Å². The summed E-state index contributed by atoms with van der Waals surface area (Å²) >= 11 is 1.38. The fourth-order valence-electron chi connectivity index (χ4n) is 5.59. The number of hydrogen-bond acceptors (Lipinski definition) is 10. The van der Waals surface area contributed by atoms with E-state index in [0.717, 1.165) is 52.7 Å². The highest BCUT2D eigenvalue weighted by Gasteiger charge is 2.35. The molecular weight excluding hydrogens is 562 g/mol. The van der Waals surface area contributed by atoms with Crippen LogP contribution in [0.1, 0.15) is 46.1 Å². The summed E-state index contributed by atoms with van der Waals surface area (Å²) in [5.41, 5.74) is 4.00. The molecule has 1 unspecified atom stereocenters. The van der Waals surface area contributed by atoms with E-state index in [1.165, 1.54) is 21.9 Å². The molecule has 14 heteroatoms. The van der Waals surface area contributed by atoms with Crippen LogP contribution in [0.15, 0.2) is 52.0 Å². The highest BCUT2D eigenvalue weighted by Crippen LogP contribution is 2.34. The number of amides is 1. The Balaban J connectivity index is 1.20. The number of hydrogen-bond donors (Lipinski definition) is 3. The molecule has 0 aromatic carbocycles. The van der Waals surface area contributed by atoms with E-state index in [2.05, 4.69) is 38.2 Å². The number of piperidine rings is 1. The first-order valence-electron chi connectivity index (χ1n) is 13.8. The summed E-state index contributed by atoms with van der Waals surface area (Å²) in [4.78, 5) is 25.9. The second-order valence-corrected chi connectivity index (χ2v) is 13.9. The topological polar surface area (TPSA) is 136 Å². The molecule has 2 aromatic heterocycles. The van der Waals surface area contributed by atoms with Crippen LogP contribution < -0.4 is 16.0 Å². The summed E-state index contributed by atoms with van der Waals surface area (Å²) in [6.45, 7) is 5.06. The van der Waals surface area contributed by atoms with Crippen molar-refractivity contribution in [3.05, 3.63) is 58.0 Å². The minimum absolute atomic E-state index is 0.0265. The predicted octanol–water partition coefficient (Wildman–Crippen LogP) is 1.98. The molecule has 2 aromatic rings. The Hall–Kier alpha value is -3.33. The van der Waals surface area contributed by atoms with Crippen LogP contribution in [0.25, 0.3) is 0 Å². The van der Waals surface area contributed by atoms with Crippen LogP contribution in [-0.4, -0.2) is 90.0 Å². The molecule has 218 valence electrons. The Morgan fingerprint density at radius 3 is 2.73 bits per heavy atom. The second-order valence-electron chi connectivity index (χ2n) is 10.9. The van der Waals surface area contributed by atoms with Gasteiger partial charge in [-0.3, -0.25) is 14.5 Å². The van der Waals surface area contributed by atoms with Gasteiger partial charge in [-0.2, -0.15) is 5.10 Å². The zero-order valence-corrected chi connectivity index (χ0v) is 25.1. The van der Waals surface area contributed by atoms with Crippen molar-refractivity contribution in [2.45, 2.75) is 38.3 Å². The lowest BCUT2D eigenvalue weighted by Crippen LogP contribution is -2.46. The summed E-state index contributed by atoms with van der Waals surface area (Å²) in [6.07, 6.45) is 11.6. The molecule has 6 heterocycles. The molecule has 0 spiro atoms. The zero-order valence-electron chi connectivity index (χ0n) is 23.4. The molecular formula is C27H35N9O3S2. The Kier molecular flexibility index (Phi) is 7.57. The molecule has 12 nitrogen and oxygen atoms in total. The first-order valence-corrected chi connectivity index (χ1v) is 16.5. The minimum atomic E-state index is -3.21. The monoisotopic (exact) mass is 597 g/mol. The third-order valence-corrected chi connectivity index (χ3v) is 10.2. The van der Waals surface area contributed by atoms with E-state index in [1.54, 1.807) is 4.68 Å². The van der Waals surface area contributed by atoms with Crippen molar-refractivity contribution in [1.29, 1.82) is 0 Å². The number of carbonyl (C=O) groups excluding carboxylic acids is 1. The maximum atomic E-state index is 13.2. The zero-order chi connectivity index (χ0) is 28.7. The highest BCUT2D eigenvalue weighted by atomic mass is 32.2. The average molecular weight is 598 g/mol. The van der Waals surface area contributed by atoms with Crippen molar-refractivity contribution in [3.8, 4) is 0 Å². The first kappa shape index (κ1) is 27.8. The highest BCUT2D eigenvalue weighted by molar-refractivity contribution is 7.88. The largest absolute Gasteiger partial charge is 0.349 e. The number of aliphatic imine (C=N–C) groups is 2.